The Balaban J connectivity index is 1.55. The summed E-state index contributed by atoms with van der Waals surface area (Å²) < 4.78 is 26.5. The number of anilines is 1. The topological polar surface area (TPSA) is 60.8 Å². The average molecular weight is 435 g/mol. The highest BCUT2D eigenvalue weighted by Crippen LogP contribution is 2.46. The highest BCUT2D eigenvalue weighted by Gasteiger charge is 2.48. The Kier molecular flexibility index (Phi) is 6.32. The Morgan fingerprint density at radius 2 is 1.50 bits per heavy atom. The maximum Gasteiger partial charge on any atom is 0.233 e. The molecule has 3 aromatic carbocycles. The van der Waals surface area contributed by atoms with E-state index in [4.69, 9.17) is 0 Å². The average Bonchev–Trinajstić information content (AvgIpc) is 2.80. The molecule has 0 bridgehead atoms. The van der Waals surface area contributed by atoms with Gasteiger partial charge in [0.1, 0.15) is 17.4 Å². The number of carbonyl (C=O) groups excluding carboxylic acids is 1. The largest absolute Gasteiger partial charge is 0.508 e. The first-order valence-corrected chi connectivity index (χ1v) is 10.4. The number of carbonyl (C=O) groups is 1. The number of benzene rings is 3. The van der Waals surface area contributed by atoms with Gasteiger partial charge in [0.05, 0.1) is 18.6 Å². The molecule has 0 radical (unpaired) electrons. The molecule has 0 aliphatic carbocycles. The summed E-state index contributed by atoms with van der Waals surface area (Å²) in [5.41, 5.74) is 2.90. The number of phenolic OH excluding ortho intramolecular Hbond substituents is 1. The number of aliphatic hydroxyl groups excluding tert-OH is 1. The number of hydrogen-bond donors (Lipinski definition) is 2. The summed E-state index contributed by atoms with van der Waals surface area (Å²) in [6.07, 6.45) is 2.97. The molecule has 1 heterocycles. The Morgan fingerprint density at radius 1 is 0.906 bits per heavy atom. The monoisotopic (exact) mass is 435 g/mol. The first-order chi connectivity index (χ1) is 15.5. The lowest BCUT2D eigenvalue weighted by molar-refractivity contribution is -0.130. The van der Waals surface area contributed by atoms with Crippen molar-refractivity contribution >= 4 is 17.2 Å². The lowest BCUT2D eigenvalue weighted by atomic mass is 9.79. The summed E-state index contributed by atoms with van der Waals surface area (Å²) in [6, 6.07) is 18.2. The molecule has 0 spiro atoms. The minimum absolute atomic E-state index is 0.0598. The van der Waals surface area contributed by atoms with Crippen molar-refractivity contribution in [2.24, 2.45) is 5.92 Å². The number of amides is 1. The molecule has 4 rings (SSSR count). The lowest BCUT2D eigenvalue weighted by Gasteiger charge is -2.47. The summed E-state index contributed by atoms with van der Waals surface area (Å²) in [7, 11) is 0. The van der Waals surface area contributed by atoms with E-state index in [1.807, 2.05) is 6.08 Å². The van der Waals surface area contributed by atoms with E-state index in [-0.39, 0.29) is 41.9 Å². The van der Waals surface area contributed by atoms with Gasteiger partial charge in [-0.05, 0) is 78.1 Å². The van der Waals surface area contributed by atoms with Crippen molar-refractivity contribution in [2.45, 2.75) is 18.9 Å². The summed E-state index contributed by atoms with van der Waals surface area (Å²) in [6.45, 7) is -0.187. The predicted octanol–water partition coefficient (Wildman–Crippen LogP) is 5.23. The smallest absolute Gasteiger partial charge is 0.233 e. The van der Waals surface area contributed by atoms with Gasteiger partial charge in [-0.25, -0.2) is 8.78 Å². The zero-order chi connectivity index (χ0) is 22.7. The number of aromatic hydroxyl groups is 1. The number of allylic oxidation sites excluding steroid dienone is 1. The van der Waals surface area contributed by atoms with Crippen LogP contribution in [0.15, 0.2) is 78.9 Å². The Bertz CT molecular complexity index is 1110. The SMILES string of the molecule is O=C1C(CC/C=C(\CO)c2ccc(F)cc2)[C@@H](c2ccc(O)cc2)N1c1ccc(F)cc1. The molecule has 164 valence electrons. The molecule has 1 unspecified atom stereocenters. The van der Waals surface area contributed by atoms with Gasteiger partial charge in [0.2, 0.25) is 5.91 Å². The second-order valence-corrected chi connectivity index (χ2v) is 7.80. The molecule has 0 aromatic heterocycles. The summed E-state index contributed by atoms with van der Waals surface area (Å²) in [4.78, 5) is 14.7. The molecule has 6 heteroatoms. The van der Waals surface area contributed by atoms with Crippen LogP contribution in [-0.2, 0) is 4.79 Å². The molecular weight excluding hydrogens is 412 g/mol. The Labute approximate surface area is 185 Å². The third-order valence-corrected chi connectivity index (χ3v) is 5.81. The third-order valence-electron chi connectivity index (χ3n) is 5.81. The second kappa shape index (κ2) is 9.32. The van der Waals surface area contributed by atoms with Crippen LogP contribution >= 0.6 is 0 Å². The summed E-state index contributed by atoms with van der Waals surface area (Å²) >= 11 is 0. The molecule has 3 aromatic rings. The number of halogens is 2. The van der Waals surface area contributed by atoms with E-state index in [2.05, 4.69) is 0 Å². The van der Waals surface area contributed by atoms with Crippen molar-refractivity contribution in [2.75, 3.05) is 11.5 Å². The second-order valence-electron chi connectivity index (χ2n) is 7.80. The minimum atomic E-state index is -0.373. The number of rotatable bonds is 7. The maximum absolute atomic E-state index is 13.4. The number of aliphatic hydroxyl groups is 1. The first kappa shape index (κ1) is 21.7. The van der Waals surface area contributed by atoms with Crippen LogP contribution in [0.5, 0.6) is 5.75 Å². The molecule has 1 fully saturated rings. The standard InChI is InChI=1S/C26H23F2NO3/c27-20-8-4-17(5-9-20)19(16-30)2-1-3-24-25(18-6-14-23(31)15-7-18)29(26(24)32)22-12-10-21(28)11-13-22/h2,4-15,24-25,30-31H,1,3,16H2/b19-2+/t24?,25-/m1/s1. The van der Waals surface area contributed by atoms with Gasteiger partial charge in [-0.2, -0.15) is 0 Å². The molecule has 2 N–H and O–H groups in total. The molecule has 2 atom stereocenters. The van der Waals surface area contributed by atoms with Gasteiger partial charge in [0.25, 0.3) is 0 Å². The van der Waals surface area contributed by atoms with Crippen LogP contribution < -0.4 is 4.90 Å². The van der Waals surface area contributed by atoms with Gasteiger partial charge in [0.15, 0.2) is 0 Å². The van der Waals surface area contributed by atoms with Crippen LogP contribution in [0.2, 0.25) is 0 Å². The van der Waals surface area contributed by atoms with E-state index >= 15 is 0 Å². The van der Waals surface area contributed by atoms with Gasteiger partial charge in [-0.3, -0.25) is 4.79 Å². The molecule has 32 heavy (non-hydrogen) atoms. The highest BCUT2D eigenvalue weighted by molar-refractivity contribution is 6.03. The van der Waals surface area contributed by atoms with Crippen molar-refractivity contribution in [3.8, 4) is 5.75 Å². The number of nitrogens with zero attached hydrogens (tertiary/aromatic N) is 1. The Hall–Kier alpha value is -3.51. The highest BCUT2D eigenvalue weighted by atomic mass is 19.1. The van der Waals surface area contributed by atoms with Crippen molar-refractivity contribution in [1.29, 1.82) is 0 Å². The van der Waals surface area contributed by atoms with E-state index in [1.165, 1.54) is 24.3 Å². The molecule has 0 saturated carbocycles. The van der Waals surface area contributed by atoms with Gasteiger partial charge >= 0.3 is 0 Å². The number of β-lactam (4-membered cyclic amide) rings is 1. The van der Waals surface area contributed by atoms with Crippen molar-refractivity contribution < 1.29 is 23.8 Å². The van der Waals surface area contributed by atoms with E-state index in [1.54, 1.807) is 53.4 Å². The lowest BCUT2D eigenvalue weighted by Crippen LogP contribution is -2.55. The first-order valence-electron chi connectivity index (χ1n) is 10.4. The fourth-order valence-corrected chi connectivity index (χ4v) is 4.15. The molecule has 1 amide bonds. The van der Waals surface area contributed by atoms with Gasteiger partial charge in [-0.15, -0.1) is 0 Å². The fraction of sp³-hybridized carbons (Fsp3) is 0.192. The number of phenols is 1. The predicted molar refractivity (Wildman–Crippen MR) is 119 cm³/mol. The van der Waals surface area contributed by atoms with Crippen molar-refractivity contribution in [3.05, 3.63) is 102 Å². The molecule has 1 saturated heterocycles. The third kappa shape index (κ3) is 4.41. The van der Waals surface area contributed by atoms with Crippen LogP contribution in [0.25, 0.3) is 5.57 Å². The van der Waals surface area contributed by atoms with Gasteiger partial charge in [-0.1, -0.05) is 30.3 Å². The van der Waals surface area contributed by atoms with E-state index < -0.39 is 0 Å². The molecular formula is C26H23F2NO3. The van der Waals surface area contributed by atoms with Crippen LogP contribution in [0.1, 0.15) is 30.0 Å². The zero-order valence-corrected chi connectivity index (χ0v) is 17.3. The molecule has 4 nitrogen and oxygen atoms in total. The quantitative estimate of drug-likeness (QED) is 0.500. The van der Waals surface area contributed by atoms with E-state index in [9.17, 15) is 23.8 Å². The van der Waals surface area contributed by atoms with Crippen LogP contribution in [0, 0.1) is 17.6 Å². The van der Waals surface area contributed by atoms with E-state index in [0.29, 0.717) is 24.1 Å². The van der Waals surface area contributed by atoms with Crippen LogP contribution in [0.3, 0.4) is 0 Å². The molecule has 1 aliphatic heterocycles. The normalized spacial score (nSPS) is 18.5. The van der Waals surface area contributed by atoms with Crippen LogP contribution in [0.4, 0.5) is 14.5 Å². The zero-order valence-electron chi connectivity index (χ0n) is 17.3. The maximum atomic E-state index is 13.4. The van der Waals surface area contributed by atoms with Gasteiger partial charge < -0.3 is 15.1 Å². The molecule has 1 aliphatic rings. The fourth-order valence-electron chi connectivity index (χ4n) is 4.15. The Morgan fingerprint density at radius 3 is 2.09 bits per heavy atom. The van der Waals surface area contributed by atoms with Crippen molar-refractivity contribution in [1.82, 2.24) is 0 Å². The number of hydrogen-bond acceptors (Lipinski definition) is 3. The van der Waals surface area contributed by atoms with Gasteiger partial charge in [0, 0.05) is 5.69 Å². The van der Waals surface area contributed by atoms with E-state index in [0.717, 1.165) is 11.1 Å². The minimum Gasteiger partial charge on any atom is -0.508 e. The van der Waals surface area contributed by atoms with Crippen molar-refractivity contribution in [3.63, 3.8) is 0 Å². The summed E-state index contributed by atoms with van der Waals surface area (Å²) in [5, 5.41) is 19.4. The summed E-state index contributed by atoms with van der Waals surface area (Å²) in [5.74, 6) is -0.936. The van der Waals surface area contributed by atoms with Crippen LogP contribution in [-0.4, -0.2) is 22.7 Å².